The predicted molar refractivity (Wildman–Crippen MR) is 83.3 cm³/mol. The molecule has 1 fully saturated rings. The van der Waals surface area contributed by atoms with Crippen LogP contribution in [0, 0.1) is 5.82 Å². The van der Waals surface area contributed by atoms with Crippen LogP contribution in [-0.4, -0.2) is 37.4 Å². The van der Waals surface area contributed by atoms with E-state index in [9.17, 15) is 9.18 Å². The average Bonchev–Trinajstić information content (AvgIpc) is 2.89. The van der Waals surface area contributed by atoms with E-state index in [1.807, 2.05) is 11.0 Å². The summed E-state index contributed by atoms with van der Waals surface area (Å²) in [7, 11) is 0. The van der Waals surface area contributed by atoms with E-state index in [0.717, 1.165) is 24.5 Å². The molecule has 110 valence electrons. The van der Waals surface area contributed by atoms with Crippen LogP contribution in [0.25, 0.3) is 0 Å². The third-order valence-electron chi connectivity index (χ3n) is 3.45. The molecule has 0 amide bonds. The van der Waals surface area contributed by atoms with Gasteiger partial charge in [0.2, 0.25) is 0 Å². The highest BCUT2D eigenvalue weighted by molar-refractivity contribution is 7.17. The van der Waals surface area contributed by atoms with E-state index >= 15 is 0 Å². The monoisotopic (exact) mass is 325 g/mol. The predicted octanol–water partition coefficient (Wildman–Crippen LogP) is 3.07. The molecule has 0 unspecified atom stereocenters. The maximum absolute atomic E-state index is 13.8. The number of piperazine rings is 1. The quantitative estimate of drug-likeness (QED) is 0.813. The minimum atomic E-state index is -0.202. The Morgan fingerprint density at radius 2 is 1.86 bits per heavy atom. The van der Waals surface area contributed by atoms with Gasteiger partial charge in [-0.15, -0.1) is 0 Å². The van der Waals surface area contributed by atoms with E-state index in [1.54, 1.807) is 12.1 Å². The lowest BCUT2D eigenvalue weighted by atomic mass is 10.2. The molecular weight excluding hydrogens is 313 g/mol. The number of thiazole rings is 1. The molecule has 0 spiro atoms. The van der Waals surface area contributed by atoms with Gasteiger partial charge in [-0.1, -0.05) is 35.1 Å². The molecule has 1 aromatic carbocycles. The highest BCUT2D eigenvalue weighted by Crippen LogP contribution is 2.29. The maximum atomic E-state index is 13.8. The Morgan fingerprint density at radius 3 is 2.48 bits per heavy atom. The molecule has 4 nitrogen and oxygen atoms in total. The van der Waals surface area contributed by atoms with Crippen LogP contribution in [0.15, 0.2) is 24.3 Å². The fourth-order valence-corrected chi connectivity index (χ4v) is 3.47. The van der Waals surface area contributed by atoms with Gasteiger partial charge in [-0.05, 0) is 12.1 Å². The second-order valence-corrected chi connectivity index (χ2v) is 6.06. The van der Waals surface area contributed by atoms with Gasteiger partial charge in [0.1, 0.15) is 10.7 Å². The van der Waals surface area contributed by atoms with Crippen molar-refractivity contribution in [2.24, 2.45) is 0 Å². The summed E-state index contributed by atoms with van der Waals surface area (Å²) in [6.07, 6.45) is 0.721. The maximum Gasteiger partial charge on any atom is 0.187 e. The van der Waals surface area contributed by atoms with Gasteiger partial charge in [-0.2, -0.15) is 0 Å². The van der Waals surface area contributed by atoms with Gasteiger partial charge in [0.15, 0.2) is 16.6 Å². The smallest absolute Gasteiger partial charge is 0.187 e. The van der Waals surface area contributed by atoms with E-state index in [1.165, 1.54) is 17.4 Å². The van der Waals surface area contributed by atoms with Gasteiger partial charge in [0, 0.05) is 26.2 Å². The number of nitrogens with zero attached hydrogens (tertiary/aromatic N) is 3. The SMILES string of the molecule is O=Cc1sc(N2CCN(c3ccccc3F)CC2)nc1Cl. The number of anilines is 2. The normalized spacial score (nSPS) is 15.3. The molecule has 7 heteroatoms. The Morgan fingerprint density at radius 1 is 1.19 bits per heavy atom. The van der Waals surface area contributed by atoms with Crippen LogP contribution in [-0.2, 0) is 0 Å². The molecule has 21 heavy (non-hydrogen) atoms. The molecule has 1 aromatic heterocycles. The van der Waals surface area contributed by atoms with E-state index in [2.05, 4.69) is 9.88 Å². The zero-order chi connectivity index (χ0) is 14.8. The lowest BCUT2D eigenvalue weighted by Crippen LogP contribution is -2.46. The molecule has 2 heterocycles. The summed E-state index contributed by atoms with van der Waals surface area (Å²) in [5, 5.41) is 0.997. The van der Waals surface area contributed by atoms with Crippen molar-refractivity contribution < 1.29 is 9.18 Å². The first-order valence-electron chi connectivity index (χ1n) is 6.55. The summed E-state index contributed by atoms with van der Waals surface area (Å²) in [6, 6.07) is 6.78. The number of carbonyl (C=O) groups is 1. The Bertz CT molecular complexity index is 655. The van der Waals surface area contributed by atoms with Crippen molar-refractivity contribution in [1.29, 1.82) is 0 Å². The van der Waals surface area contributed by atoms with Gasteiger partial charge in [-0.25, -0.2) is 9.37 Å². The Kier molecular flexibility index (Phi) is 4.07. The molecule has 3 rings (SSSR count). The zero-order valence-corrected chi connectivity index (χ0v) is 12.7. The van der Waals surface area contributed by atoms with E-state index in [-0.39, 0.29) is 11.0 Å². The van der Waals surface area contributed by atoms with Crippen LogP contribution in [0.4, 0.5) is 15.2 Å². The average molecular weight is 326 g/mol. The summed E-state index contributed by atoms with van der Waals surface area (Å²) < 4.78 is 13.8. The molecule has 1 aliphatic rings. The number of hydrogen-bond acceptors (Lipinski definition) is 5. The first-order chi connectivity index (χ1) is 10.2. The molecule has 1 aliphatic heterocycles. The third-order valence-corrected chi connectivity index (χ3v) is 4.89. The Hall–Kier alpha value is -1.66. The molecule has 2 aromatic rings. The molecule has 0 bridgehead atoms. The molecule has 0 aliphatic carbocycles. The zero-order valence-electron chi connectivity index (χ0n) is 11.1. The second-order valence-electron chi connectivity index (χ2n) is 4.69. The van der Waals surface area contributed by atoms with Crippen molar-refractivity contribution in [2.75, 3.05) is 36.0 Å². The van der Waals surface area contributed by atoms with Crippen LogP contribution in [0.5, 0.6) is 0 Å². The van der Waals surface area contributed by atoms with Crippen molar-refractivity contribution in [2.45, 2.75) is 0 Å². The molecule has 0 N–H and O–H groups in total. The largest absolute Gasteiger partial charge is 0.366 e. The van der Waals surface area contributed by atoms with Crippen LogP contribution >= 0.6 is 22.9 Å². The van der Waals surface area contributed by atoms with Gasteiger partial charge in [0.25, 0.3) is 0 Å². The van der Waals surface area contributed by atoms with Crippen molar-refractivity contribution in [3.8, 4) is 0 Å². The second kappa shape index (κ2) is 5.99. The van der Waals surface area contributed by atoms with Crippen LogP contribution in [0.2, 0.25) is 5.15 Å². The highest BCUT2D eigenvalue weighted by atomic mass is 35.5. The molecule has 0 radical (unpaired) electrons. The number of para-hydroxylation sites is 1. The van der Waals surface area contributed by atoms with Crippen molar-refractivity contribution in [1.82, 2.24) is 4.98 Å². The van der Waals surface area contributed by atoms with E-state index in [4.69, 9.17) is 11.6 Å². The van der Waals surface area contributed by atoms with Crippen LogP contribution in [0.1, 0.15) is 9.67 Å². The summed E-state index contributed by atoms with van der Waals surface area (Å²) in [4.78, 5) is 19.6. The van der Waals surface area contributed by atoms with E-state index in [0.29, 0.717) is 23.7 Å². The molecule has 0 saturated carbocycles. The van der Waals surface area contributed by atoms with Crippen LogP contribution < -0.4 is 9.80 Å². The third kappa shape index (κ3) is 2.87. The Labute approximate surface area is 130 Å². The molecule has 1 saturated heterocycles. The van der Waals surface area contributed by atoms with Crippen LogP contribution in [0.3, 0.4) is 0 Å². The first kappa shape index (κ1) is 14.3. The summed E-state index contributed by atoms with van der Waals surface area (Å²) >= 11 is 7.18. The number of benzene rings is 1. The Balaban J connectivity index is 1.70. The topological polar surface area (TPSA) is 36.4 Å². The number of aromatic nitrogens is 1. The number of aldehydes is 1. The summed E-state index contributed by atoms with van der Waals surface area (Å²) in [5.74, 6) is -0.202. The van der Waals surface area contributed by atoms with Crippen molar-refractivity contribution >= 4 is 40.0 Å². The standard InChI is InChI=1S/C14H13ClFN3OS/c15-13-12(9-20)21-14(17-13)19-7-5-18(6-8-19)11-4-2-1-3-10(11)16/h1-4,9H,5-8H2. The minimum absolute atomic E-state index is 0.202. The minimum Gasteiger partial charge on any atom is -0.366 e. The molecule has 0 atom stereocenters. The highest BCUT2D eigenvalue weighted by Gasteiger charge is 2.22. The lowest BCUT2D eigenvalue weighted by Gasteiger charge is -2.36. The fourth-order valence-electron chi connectivity index (χ4n) is 2.36. The van der Waals surface area contributed by atoms with Gasteiger partial charge in [-0.3, -0.25) is 4.79 Å². The van der Waals surface area contributed by atoms with E-state index < -0.39 is 0 Å². The van der Waals surface area contributed by atoms with Gasteiger partial charge < -0.3 is 9.80 Å². The van der Waals surface area contributed by atoms with Crippen molar-refractivity contribution in [3.05, 3.63) is 40.1 Å². The number of hydrogen-bond donors (Lipinski definition) is 0. The lowest BCUT2D eigenvalue weighted by molar-refractivity contribution is 0.112. The van der Waals surface area contributed by atoms with Gasteiger partial charge in [0.05, 0.1) is 5.69 Å². The first-order valence-corrected chi connectivity index (χ1v) is 7.74. The number of halogens is 2. The number of rotatable bonds is 3. The summed E-state index contributed by atoms with van der Waals surface area (Å²) in [5.41, 5.74) is 0.628. The summed E-state index contributed by atoms with van der Waals surface area (Å²) in [6.45, 7) is 2.84. The molecular formula is C14H13ClFN3OS. The number of carbonyl (C=O) groups excluding carboxylic acids is 1. The fraction of sp³-hybridized carbons (Fsp3) is 0.286. The van der Waals surface area contributed by atoms with Gasteiger partial charge >= 0.3 is 0 Å². The van der Waals surface area contributed by atoms with Crippen molar-refractivity contribution in [3.63, 3.8) is 0 Å².